The van der Waals surface area contributed by atoms with E-state index in [2.05, 4.69) is 38.5 Å². The summed E-state index contributed by atoms with van der Waals surface area (Å²) in [5.41, 5.74) is 2.88. The van der Waals surface area contributed by atoms with Crippen molar-refractivity contribution in [1.29, 1.82) is 0 Å². The Bertz CT molecular complexity index is 1190. The third-order valence-corrected chi connectivity index (χ3v) is 6.26. The summed E-state index contributed by atoms with van der Waals surface area (Å²) in [4.78, 5) is 24.8. The second-order valence-electron chi connectivity index (χ2n) is 7.13. The fraction of sp³-hybridized carbons (Fsp3) is 0.125. The van der Waals surface area contributed by atoms with Gasteiger partial charge in [0.2, 0.25) is 0 Å². The van der Waals surface area contributed by atoms with Gasteiger partial charge in [-0.05, 0) is 103 Å². The number of hydrogen-bond acceptors (Lipinski definition) is 4. The molecule has 0 aromatic heterocycles. The van der Waals surface area contributed by atoms with Crippen LogP contribution in [0.1, 0.15) is 22.8 Å². The highest BCUT2D eigenvalue weighted by molar-refractivity contribution is 14.1. The number of para-hydroxylation sites is 1. The Labute approximate surface area is 216 Å². The van der Waals surface area contributed by atoms with E-state index < -0.39 is 6.10 Å². The van der Waals surface area contributed by atoms with Gasteiger partial charge in [-0.1, -0.05) is 29.8 Å². The lowest BCUT2D eigenvalue weighted by atomic mass is 10.1. The molecule has 3 N–H and O–H groups in total. The summed E-state index contributed by atoms with van der Waals surface area (Å²) in [6.45, 7) is 3.62. The van der Waals surface area contributed by atoms with E-state index in [1.165, 1.54) is 0 Å². The minimum Gasteiger partial charge on any atom is -0.479 e. The van der Waals surface area contributed by atoms with Gasteiger partial charge < -0.3 is 15.4 Å². The molecule has 170 valence electrons. The van der Waals surface area contributed by atoms with Gasteiger partial charge in [0.1, 0.15) is 5.75 Å². The van der Waals surface area contributed by atoms with Gasteiger partial charge >= 0.3 is 0 Å². The molecule has 0 bridgehead atoms. The Kier molecular flexibility index (Phi) is 8.65. The van der Waals surface area contributed by atoms with Gasteiger partial charge in [0.15, 0.2) is 11.2 Å². The molecule has 3 aromatic rings. The van der Waals surface area contributed by atoms with Gasteiger partial charge in [0.25, 0.3) is 11.8 Å². The summed E-state index contributed by atoms with van der Waals surface area (Å²) in [6, 6.07) is 19.3. The molecule has 0 aliphatic carbocycles. The average molecular weight is 594 g/mol. The van der Waals surface area contributed by atoms with Gasteiger partial charge in [0, 0.05) is 20.5 Å². The predicted octanol–water partition coefficient (Wildman–Crippen LogP) is 5.79. The monoisotopic (exact) mass is 593 g/mol. The molecule has 0 radical (unpaired) electrons. The van der Waals surface area contributed by atoms with Crippen molar-refractivity contribution in [3.63, 3.8) is 0 Å². The van der Waals surface area contributed by atoms with Crippen molar-refractivity contribution in [1.82, 2.24) is 5.32 Å². The molecule has 0 aliphatic rings. The number of rotatable bonds is 6. The minimum absolute atomic E-state index is 0.175. The molecular weight excluding hydrogens is 573 g/mol. The average Bonchev–Trinajstić information content (AvgIpc) is 2.78. The van der Waals surface area contributed by atoms with Crippen LogP contribution < -0.4 is 20.7 Å². The first kappa shape index (κ1) is 24.9. The molecule has 0 fully saturated rings. The molecule has 1 atom stereocenters. The van der Waals surface area contributed by atoms with Gasteiger partial charge in [-0.25, -0.2) is 0 Å². The van der Waals surface area contributed by atoms with E-state index in [0.29, 0.717) is 27.7 Å². The maximum Gasteiger partial charge on any atom is 0.265 e. The molecular formula is C24H21ClIN3O3S. The number of carbonyl (C=O) groups is 2. The largest absolute Gasteiger partial charge is 0.479 e. The number of hydrogen-bond donors (Lipinski definition) is 3. The van der Waals surface area contributed by atoms with Crippen molar-refractivity contribution in [3.05, 3.63) is 86.4 Å². The van der Waals surface area contributed by atoms with Crippen molar-refractivity contribution in [2.75, 3.05) is 10.6 Å². The maximum atomic E-state index is 12.4. The summed E-state index contributed by atoms with van der Waals surface area (Å²) < 4.78 is 6.63. The van der Waals surface area contributed by atoms with Crippen LogP contribution in [0, 0.1) is 10.5 Å². The molecule has 0 heterocycles. The lowest BCUT2D eigenvalue weighted by Crippen LogP contribution is -2.34. The number of aryl methyl sites for hydroxylation is 1. The SMILES string of the molecule is Cc1ccc(C(=O)NC(=S)Nc2ccc(NC(=O)C(C)Oc3ccccc3Cl)cc2)cc1I. The van der Waals surface area contributed by atoms with Crippen LogP contribution in [0.25, 0.3) is 0 Å². The Hall–Kier alpha value is -2.69. The van der Waals surface area contributed by atoms with Crippen LogP contribution in [0.3, 0.4) is 0 Å². The summed E-state index contributed by atoms with van der Waals surface area (Å²) in [6.07, 6.45) is -0.740. The van der Waals surface area contributed by atoms with Crippen molar-refractivity contribution in [3.8, 4) is 5.75 Å². The highest BCUT2D eigenvalue weighted by Gasteiger charge is 2.16. The second kappa shape index (κ2) is 11.4. The first-order valence-corrected chi connectivity index (χ1v) is 11.8. The zero-order valence-corrected chi connectivity index (χ0v) is 21.5. The quantitative estimate of drug-likeness (QED) is 0.249. The first-order chi connectivity index (χ1) is 15.7. The molecule has 6 nitrogen and oxygen atoms in total. The number of benzene rings is 3. The topological polar surface area (TPSA) is 79.5 Å². The molecule has 0 saturated carbocycles. The molecule has 0 spiro atoms. The van der Waals surface area contributed by atoms with E-state index >= 15 is 0 Å². The van der Waals surface area contributed by atoms with Gasteiger partial charge in [-0.15, -0.1) is 0 Å². The zero-order chi connectivity index (χ0) is 24.0. The van der Waals surface area contributed by atoms with E-state index in [4.69, 9.17) is 28.6 Å². The van der Waals surface area contributed by atoms with E-state index in [-0.39, 0.29) is 16.9 Å². The molecule has 9 heteroatoms. The Morgan fingerprint density at radius 1 is 1.00 bits per heavy atom. The van der Waals surface area contributed by atoms with Gasteiger partial charge in [-0.3, -0.25) is 14.9 Å². The molecule has 1 unspecified atom stereocenters. The highest BCUT2D eigenvalue weighted by atomic mass is 127. The molecule has 0 aliphatic heterocycles. The van der Waals surface area contributed by atoms with Crippen LogP contribution >= 0.6 is 46.4 Å². The first-order valence-electron chi connectivity index (χ1n) is 9.93. The van der Waals surface area contributed by atoms with Crippen LogP contribution in [-0.2, 0) is 4.79 Å². The Morgan fingerprint density at radius 3 is 2.27 bits per heavy atom. The van der Waals surface area contributed by atoms with Crippen molar-refractivity contribution in [2.24, 2.45) is 0 Å². The second-order valence-corrected chi connectivity index (χ2v) is 9.11. The minimum atomic E-state index is -0.740. The number of nitrogens with one attached hydrogen (secondary N) is 3. The molecule has 0 saturated heterocycles. The van der Waals surface area contributed by atoms with E-state index in [0.717, 1.165) is 9.13 Å². The number of amides is 2. The van der Waals surface area contributed by atoms with Crippen LogP contribution in [0.2, 0.25) is 5.02 Å². The molecule has 3 aromatic carbocycles. The van der Waals surface area contributed by atoms with Gasteiger partial charge in [-0.2, -0.15) is 0 Å². The van der Waals surface area contributed by atoms with Crippen LogP contribution in [0.15, 0.2) is 66.7 Å². The zero-order valence-electron chi connectivity index (χ0n) is 17.8. The highest BCUT2D eigenvalue weighted by Crippen LogP contribution is 2.24. The smallest absolute Gasteiger partial charge is 0.265 e. The Morgan fingerprint density at radius 2 is 1.64 bits per heavy atom. The third-order valence-electron chi connectivity index (χ3n) is 4.58. The number of ether oxygens (including phenoxy) is 1. The van der Waals surface area contributed by atoms with Crippen LogP contribution in [0.5, 0.6) is 5.75 Å². The van der Waals surface area contributed by atoms with E-state index in [1.54, 1.807) is 61.5 Å². The third kappa shape index (κ3) is 7.15. The molecule has 33 heavy (non-hydrogen) atoms. The van der Waals surface area contributed by atoms with Crippen LogP contribution in [0.4, 0.5) is 11.4 Å². The maximum absolute atomic E-state index is 12.4. The summed E-state index contributed by atoms with van der Waals surface area (Å²) in [5, 5.41) is 9.02. The summed E-state index contributed by atoms with van der Waals surface area (Å²) in [5.74, 6) is -0.162. The Balaban J connectivity index is 1.52. The molecule has 3 rings (SSSR count). The van der Waals surface area contributed by atoms with Crippen molar-refractivity contribution in [2.45, 2.75) is 20.0 Å². The van der Waals surface area contributed by atoms with Gasteiger partial charge in [0.05, 0.1) is 5.02 Å². The normalized spacial score (nSPS) is 11.3. The van der Waals surface area contributed by atoms with E-state index in [9.17, 15) is 9.59 Å². The lowest BCUT2D eigenvalue weighted by Gasteiger charge is -2.16. The number of halogens is 2. The number of thiocarbonyl (C=S) groups is 1. The van der Waals surface area contributed by atoms with Crippen molar-refractivity contribution < 1.29 is 14.3 Å². The summed E-state index contributed by atoms with van der Waals surface area (Å²) >= 11 is 13.5. The number of carbonyl (C=O) groups excluding carboxylic acids is 2. The predicted molar refractivity (Wildman–Crippen MR) is 144 cm³/mol. The standard InChI is InChI=1S/C24H21ClIN3O3S/c1-14-7-8-16(13-20(14)26)23(31)29-24(33)28-18-11-9-17(10-12-18)27-22(30)15(2)32-21-6-4-3-5-19(21)25/h3-13,15H,1-2H3,(H,27,30)(H2,28,29,31,33). The fourth-order valence-corrected chi connectivity index (χ4v) is 3.64. The van der Waals surface area contributed by atoms with Crippen LogP contribution in [-0.4, -0.2) is 23.0 Å². The van der Waals surface area contributed by atoms with E-state index in [1.807, 2.05) is 19.1 Å². The van der Waals surface area contributed by atoms with Crippen molar-refractivity contribution >= 4 is 74.7 Å². The fourth-order valence-electron chi connectivity index (χ4n) is 2.74. The number of anilines is 2. The molecule has 2 amide bonds. The summed E-state index contributed by atoms with van der Waals surface area (Å²) in [7, 11) is 0. The lowest BCUT2D eigenvalue weighted by molar-refractivity contribution is -0.122.